The number of Topliss-reactive ketones (excluding diaryl/α,β-unsaturated/α-hetero) is 1. The van der Waals surface area contributed by atoms with Crippen LogP contribution in [0.1, 0.15) is 24.5 Å². The summed E-state index contributed by atoms with van der Waals surface area (Å²) in [6.07, 6.45) is -0.899. The Morgan fingerprint density at radius 1 is 1.32 bits per heavy atom. The van der Waals surface area contributed by atoms with E-state index >= 15 is 0 Å². The lowest BCUT2D eigenvalue weighted by molar-refractivity contribution is -0.121. The molecule has 7 nitrogen and oxygen atoms in total. The first-order chi connectivity index (χ1) is 13.2. The summed E-state index contributed by atoms with van der Waals surface area (Å²) in [5.41, 5.74) is 4.98. The molecule has 1 saturated heterocycles. The van der Waals surface area contributed by atoms with E-state index in [1.807, 2.05) is 0 Å². The number of carbonyl (C=O) groups excluding carboxylic acids is 1. The van der Waals surface area contributed by atoms with Crippen LogP contribution < -0.4 is 10.6 Å². The largest absolute Gasteiger partial charge is 0.403 e. The van der Waals surface area contributed by atoms with E-state index in [4.69, 9.17) is 14.9 Å². The molecule has 2 aromatic rings. The molecule has 10 heteroatoms. The molecule has 1 atom stereocenters. The van der Waals surface area contributed by atoms with Crippen molar-refractivity contribution in [3.63, 3.8) is 0 Å². The molecular formula is C18H21F3N4O3. The number of aromatic nitrogens is 2. The molecule has 0 saturated carbocycles. The third-order valence-electron chi connectivity index (χ3n) is 4.63. The summed E-state index contributed by atoms with van der Waals surface area (Å²) in [7, 11) is 0. The summed E-state index contributed by atoms with van der Waals surface area (Å²) in [6.45, 7) is 4.70. The standard InChI is InChI=1S/C18H21F3N4O3/c1-10-7-12(16-23-24-17(28-16)25-3-5-27-6-4-25)14(19)8-13(10)18(20,21)9-15(22)11(2)26/h7-8,15H,3-6,9,22H2,1-2H3. The highest BCUT2D eigenvalue weighted by Gasteiger charge is 2.37. The number of hydrogen-bond acceptors (Lipinski definition) is 7. The monoisotopic (exact) mass is 398 g/mol. The number of aryl methyl sites for hydroxylation is 1. The lowest BCUT2D eigenvalue weighted by Gasteiger charge is -2.24. The first-order valence-electron chi connectivity index (χ1n) is 8.80. The number of hydrogen-bond donors (Lipinski definition) is 1. The quantitative estimate of drug-likeness (QED) is 0.799. The second kappa shape index (κ2) is 7.88. The van der Waals surface area contributed by atoms with E-state index in [-0.39, 0.29) is 23.0 Å². The molecule has 28 heavy (non-hydrogen) atoms. The Labute approximate surface area is 159 Å². The van der Waals surface area contributed by atoms with Crippen LogP contribution in [0.25, 0.3) is 11.5 Å². The second-order valence-electron chi connectivity index (χ2n) is 6.76. The number of halogens is 3. The molecule has 2 N–H and O–H groups in total. The highest BCUT2D eigenvalue weighted by Crippen LogP contribution is 2.37. The number of rotatable bonds is 6. The van der Waals surface area contributed by atoms with Gasteiger partial charge in [-0.25, -0.2) is 13.2 Å². The van der Waals surface area contributed by atoms with Gasteiger partial charge in [-0.15, -0.1) is 5.10 Å². The molecule has 1 aromatic carbocycles. The molecule has 152 valence electrons. The molecular weight excluding hydrogens is 377 g/mol. The van der Waals surface area contributed by atoms with Gasteiger partial charge in [0.1, 0.15) is 11.6 Å². The van der Waals surface area contributed by atoms with Gasteiger partial charge in [-0.1, -0.05) is 5.10 Å². The van der Waals surface area contributed by atoms with Crippen molar-refractivity contribution in [3.05, 3.63) is 29.1 Å². The third-order valence-corrected chi connectivity index (χ3v) is 4.63. The number of carbonyl (C=O) groups is 1. The Kier molecular flexibility index (Phi) is 5.71. The number of ether oxygens (including phenoxy) is 1. The van der Waals surface area contributed by atoms with E-state index in [1.54, 1.807) is 4.90 Å². The molecule has 0 bridgehead atoms. The predicted octanol–water partition coefficient (Wildman–Crippen LogP) is 2.42. The lowest BCUT2D eigenvalue weighted by Crippen LogP contribution is -2.36. The number of morpholine rings is 1. The molecule has 1 aliphatic rings. The fraction of sp³-hybridized carbons (Fsp3) is 0.500. The molecule has 0 radical (unpaired) electrons. The van der Waals surface area contributed by atoms with Crippen LogP contribution in [0.3, 0.4) is 0 Å². The van der Waals surface area contributed by atoms with Crippen LogP contribution in [0.15, 0.2) is 16.5 Å². The zero-order chi connectivity index (χ0) is 20.5. The van der Waals surface area contributed by atoms with Crippen molar-refractivity contribution in [1.82, 2.24) is 10.2 Å². The van der Waals surface area contributed by atoms with Crippen LogP contribution in [-0.4, -0.2) is 48.3 Å². The number of alkyl halides is 2. The minimum absolute atomic E-state index is 0.0695. The maximum Gasteiger partial charge on any atom is 0.318 e. The number of nitrogens with zero attached hydrogens (tertiary/aromatic N) is 3. The third kappa shape index (κ3) is 4.17. The summed E-state index contributed by atoms with van der Waals surface area (Å²) in [6, 6.07) is 0.853. The van der Waals surface area contributed by atoms with Crippen molar-refractivity contribution in [1.29, 1.82) is 0 Å². The van der Waals surface area contributed by atoms with Gasteiger partial charge < -0.3 is 19.8 Å². The Morgan fingerprint density at radius 3 is 2.64 bits per heavy atom. The maximum atomic E-state index is 14.6. The normalized spacial score (nSPS) is 16.3. The lowest BCUT2D eigenvalue weighted by atomic mass is 9.94. The molecule has 1 aliphatic heterocycles. The van der Waals surface area contributed by atoms with Crippen LogP contribution in [0, 0.1) is 12.7 Å². The van der Waals surface area contributed by atoms with Gasteiger partial charge in [0.05, 0.1) is 24.8 Å². The van der Waals surface area contributed by atoms with Gasteiger partial charge >= 0.3 is 6.01 Å². The minimum atomic E-state index is -3.46. The summed E-state index contributed by atoms with van der Waals surface area (Å²) in [4.78, 5) is 13.0. The van der Waals surface area contributed by atoms with Gasteiger partial charge in [-0.05, 0) is 31.5 Å². The van der Waals surface area contributed by atoms with Crippen molar-refractivity contribution < 1.29 is 27.1 Å². The second-order valence-corrected chi connectivity index (χ2v) is 6.76. The van der Waals surface area contributed by atoms with Gasteiger partial charge in [-0.3, -0.25) is 4.79 Å². The first kappa shape index (κ1) is 20.3. The van der Waals surface area contributed by atoms with Gasteiger partial charge in [-0.2, -0.15) is 0 Å². The smallest absolute Gasteiger partial charge is 0.318 e. The van der Waals surface area contributed by atoms with Gasteiger partial charge in [0, 0.05) is 25.1 Å². The summed E-state index contributed by atoms with van der Waals surface area (Å²) < 4.78 is 54.4. The molecule has 1 aromatic heterocycles. The number of benzene rings is 1. The highest BCUT2D eigenvalue weighted by molar-refractivity contribution is 5.81. The summed E-state index contributed by atoms with van der Waals surface area (Å²) >= 11 is 0. The van der Waals surface area contributed by atoms with Crippen molar-refractivity contribution in [2.24, 2.45) is 5.73 Å². The summed E-state index contributed by atoms with van der Waals surface area (Å²) in [5.74, 6) is -5.04. The fourth-order valence-corrected chi connectivity index (χ4v) is 2.98. The van der Waals surface area contributed by atoms with Gasteiger partial charge in [0.2, 0.25) is 0 Å². The molecule has 1 unspecified atom stereocenters. The van der Waals surface area contributed by atoms with Crippen molar-refractivity contribution in [2.45, 2.75) is 32.2 Å². The molecule has 1 fully saturated rings. The molecule has 2 heterocycles. The summed E-state index contributed by atoms with van der Waals surface area (Å²) in [5, 5.41) is 7.74. The Morgan fingerprint density at radius 2 is 2.00 bits per heavy atom. The van der Waals surface area contributed by atoms with E-state index in [1.165, 1.54) is 13.0 Å². The Bertz CT molecular complexity index is 866. The van der Waals surface area contributed by atoms with Crippen LogP contribution in [0.4, 0.5) is 19.2 Å². The molecule has 3 rings (SSSR count). The van der Waals surface area contributed by atoms with Crippen LogP contribution >= 0.6 is 0 Å². The number of ketones is 1. The number of nitrogens with two attached hydrogens (primary N) is 1. The van der Waals surface area contributed by atoms with Crippen molar-refractivity contribution in [2.75, 3.05) is 31.2 Å². The Hall–Kier alpha value is -2.46. The van der Waals surface area contributed by atoms with E-state index in [0.717, 1.165) is 13.0 Å². The minimum Gasteiger partial charge on any atom is -0.403 e. The highest BCUT2D eigenvalue weighted by atomic mass is 19.3. The zero-order valence-corrected chi connectivity index (χ0v) is 15.5. The van der Waals surface area contributed by atoms with E-state index < -0.39 is 35.5 Å². The molecule has 0 aliphatic carbocycles. The molecule has 0 spiro atoms. The fourth-order valence-electron chi connectivity index (χ4n) is 2.98. The average molecular weight is 398 g/mol. The Balaban J connectivity index is 1.88. The van der Waals surface area contributed by atoms with E-state index in [2.05, 4.69) is 10.2 Å². The average Bonchev–Trinajstić information content (AvgIpc) is 3.13. The SMILES string of the molecule is CC(=O)C(N)CC(F)(F)c1cc(F)c(-c2nnc(N3CCOCC3)o2)cc1C. The van der Waals surface area contributed by atoms with E-state index in [9.17, 15) is 18.0 Å². The van der Waals surface area contributed by atoms with E-state index in [0.29, 0.717) is 26.3 Å². The van der Waals surface area contributed by atoms with Crippen LogP contribution in [0.2, 0.25) is 0 Å². The van der Waals surface area contributed by atoms with Crippen LogP contribution in [0.5, 0.6) is 0 Å². The predicted molar refractivity (Wildman–Crippen MR) is 94.6 cm³/mol. The van der Waals surface area contributed by atoms with Gasteiger partial charge in [0.25, 0.3) is 11.8 Å². The first-order valence-corrected chi connectivity index (χ1v) is 8.80. The zero-order valence-electron chi connectivity index (χ0n) is 15.5. The van der Waals surface area contributed by atoms with Crippen LogP contribution in [-0.2, 0) is 15.5 Å². The van der Waals surface area contributed by atoms with Gasteiger partial charge in [0.15, 0.2) is 0 Å². The topological polar surface area (TPSA) is 94.5 Å². The van der Waals surface area contributed by atoms with Crippen molar-refractivity contribution in [3.8, 4) is 11.5 Å². The number of anilines is 1. The van der Waals surface area contributed by atoms with Crippen molar-refractivity contribution >= 4 is 11.8 Å². The molecule has 0 amide bonds. The maximum absolute atomic E-state index is 14.6.